The number of rotatable bonds is 2. The standard InChI is InChI=1S/C26H33ClN4O4/c1-18-15-28-16-25(33)31(2)17-24(32)30-22(14-19-9-11-21(27)12-10-19)26(34)29-13-5-7-20-6-3-4-8-23(20)35-18/h3-4,6,8-12,18,22,28H,5,7,13-17H2,1-2H3,(H,29,34)(H,30,32)/t18-,22-/m1/s1. The number of likely N-dealkylation sites (N-methyl/N-ethyl adjacent to an activating group) is 1. The van der Waals surface area contributed by atoms with Crippen molar-refractivity contribution in [3.05, 3.63) is 64.7 Å². The van der Waals surface area contributed by atoms with E-state index in [1.165, 1.54) is 4.90 Å². The maximum absolute atomic E-state index is 13.0. The Morgan fingerprint density at radius 1 is 1.09 bits per heavy atom. The van der Waals surface area contributed by atoms with Crippen LogP contribution < -0.4 is 20.7 Å². The average molecular weight is 501 g/mol. The lowest BCUT2D eigenvalue weighted by molar-refractivity contribution is -0.135. The summed E-state index contributed by atoms with van der Waals surface area (Å²) >= 11 is 5.98. The highest BCUT2D eigenvalue weighted by molar-refractivity contribution is 6.30. The fourth-order valence-corrected chi connectivity index (χ4v) is 3.95. The first kappa shape index (κ1) is 26.5. The number of nitrogens with one attached hydrogen (secondary N) is 3. The summed E-state index contributed by atoms with van der Waals surface area (Å²) in [7, 11) is 1.56. The van der Waals surface area contributed by atoms with Crippen molar-refractivity contribution in [1.29, 1.82) is 0 Å². The largest absolute Gasteiger partial charge is 0.489 e. The summed E-state index contributed by atoms with van der Waals surface area (Å²) in [5, 5.41) is 9.42. The number of amides is 3. The van der Waals surface area contributed by atoms with E-state index >= 15 is 0 Å². The normalized spacial score (nSPS) is 21.1. The Balaban J connectivity index is 1.74. The molecule has 3 amide bonds. The van der Waals surface area contributed by atoms with Crippen LogP contribution in [-0.4, -0.2) is 68.0 Å². The highest BCUT2D eigenvalue weighted by Gasteiger charge is 2.23. The van der Waals surface area contributed by atoms with Gasteiger partial charge in [0.05, 0.1) is 13.1 Å². The van der Waals surface area contributed by atoms with Gasteiger partial charge in [-0.05, 0) is 49.1 Å². The molecule has 35 heavy (non-hydrogen) atoms. The average Bonchev–Trinajstić information content (AvgIpc) is 2.82. The third-order valence-corrected chi connectivity index (χ3v) is 5.99. The van der Waals surface area contributed by atoms with Crippen LogP contribution in [0.1, 0.15) is 24.5 Å². The number of benzene rings is 2. The second-order valence-corrected chi connectivity index (χ2v) is 9.20. The van der Waals surface area contributed by atoms with E-state index < -0.39 is 11.9 Å². The van der Waals surface area contributed by atoms with Gasteiger partial charge in [-0.15, -0.1) is 0 Å². The summed E-state index contributed by atoms with van der Waals surface area (Å²) < 4.78 is 6.09. The number of hydrogen-bond donors (Lipinski definition) is 3. The number of carbonyl (C=O) groups excluding carboxylic acids is 3. The van der Waals surface area contributed by atoms with Crippen molar-refractivity contribution in [3.8, 4) is 5.75 Å². The number of halogens is 1. The van der Waals surface area contributed by atoms with E-state index in [1.54, 1.807) is 19.2 Å². The molecule has 0 aliphatic carbocycles. The number of aryl methyl sites for hydroxylation is 1. The summed E-state index contributed by atoms with van der Waals surface area (Å²) in [6, 6.07) is 14.2. The summed E-state index contributed by atoms with van der Waals surface area (Å²) in [6.07, 6.45) is 1.61. The first-order chi connectivity index (χ1) is 16.8. The molecule has 0 fully saturated rings. The molecule has 8 nitrogen and oxygen atoms in total. The van der Waals surface area contributed by atoms with Crippen LogP contribution in [-0.2, 0) is 27.2 Å². The maximum Gasteiger partial charge on any atom is 0.242 e. The molecule has 0 aromatic heterocycles. The molecular weight excluding hydrogens is 468 g/mol. The third-order valence-electron chi connectivity index (χ3n) is 5.74. The Morgan fingerprint density at radius 3 is 2.60 bits per heavy atom. The van der Waals surface area contributed by atoms with E-state index in [4.69, 9.17) is 16.3 Å². The summed E-state index contributed by atoms with van der Waals surface area (Å²) in [5.41, 5.74) is 1.92. The SMILES string of the molecule is C[C@@H]1CNCC(=O)N(C)CC(=O)N[C@H](Cc2ccc(Cl)cc2)C(=O)NCCCc2ccccc2O1. The van der Waals surface area contributed by atoms with E-state index in [9.17, 15) is 14.4 Å². The van der Waals surface area contributed by atoms with Crippen LogP contribution in [0.25, 0.3) is 0 Å². The lowest BCUT2D eigenvalue weighted by Gasteiger charge is -2.23. The number of carbonyl (C=O) groups is 3. The Bertz CT molecular complexity index is 1010. The summed E-state index contributed by atoms with van der Waals surface area (Å²) in [4.78, 5) is 39.5. The molecule has 188 valence electrons. The molecule has 0 radical (unpaired) electrons. The maximum atomic E-state index is 13.0. The second kappa shape index (κ2) is 13.1. The second-order valence-electron chi connectivity index (χ2n) is 8.76. The van der Waals surface area contributed by atoms with Gasteiger partial charge >= 0.3 is 0 Å². The van der Waals surface area contributed by atoms with Crippen molar-refractivity contribution in [2.45, 2.75) is 38.3 Å². The topological polar surface area (TPSA) is 99.8 Å². The fourth-order valence-electron chi connectivity index (χ4n) is 3.82. The molecule has 0 saturated carbocycles. The van der Waals surface area contributed by atoms with Gasteiger partial charge in [-0.3, -0.25) is 14.4 Å². The van der Waals surface area contributed by atoms with Crippen molar-refractivity contribution in [2.75, 3.05) is 33.2 Å². The fraction of sp³-hybridized carbons (Fsp3) is 0.423. The molecule has 2 atom stereocenters. The smallest absolute Gasteiger partial charge is 0.242 e. The zero-order chi connectivity index (χ0) is 25.2. The molecule has 0 saturated heterocycles. The van der Waals surface area contributed by atoms with Crippen molar-refractivity contribution in [2.24, 2.45) is 0 Å². The van der Waals surface area contributed by atoms with E-state index in [2.05, 4.69) is 16.0 Å². The monoisotopic (exact) mass is 500 g/mol. The van der Waals surface area contributed by atoms with Crippen LogP contribution in [0.15, 0.2) is 48.5 Å². The van der Waals surface area contributed by atoms with E-state index in [0.717, 1.165) is 29.7 Å². The zero-order valence-electron chi connectivity index (χ0n) is 20.2. The van der Waals surface area contributed by atoms with Crippen LogP contribution in [0.5, 0.6) is 5.75 Å². The Labute approximate surface area is 211 Å². The Kier molecular flexibility index (Phi) is 9.93. The van der Waals surface area contributed by atoms with Crippen LogP contribution in [0.4, 0.5) is 0 Å². The van der Waals surface area contributed by atoms with Gasteiger partial charge in [0.15, 0.2) is 0 Å². The van der Waals surface area contributed by atoms with Crippen LogP contribution in [0.2, 0.25) is 5.02 Å². The number of hydrogen-bond acceptors (Lipinski definition) is 5. The van der Waals surface area contributed by atoms with E-state index in [1.807, 2.05) is 43.3 Å². The molecule has 3 rings (SSSR count). The minimum atomic E-state index is -0.777. The van der Waals surface area contributed by atoms with Gasteiger partial charge in [0.25, 0.3) is 0 Å². The Morgan fingerprint density at radius 2 is 1.83 bits per heavy atom. The van der Waals surface area contributed by atoms with Crippen LogP contribution in [0, 0.1) is 0 Å². The van der Waals surface area contributed by atoms with Gasteiger partial charge in [0.1, 0.15) is 17.9 Å². The molecule has 1 aliphatic heterocycles. The van der Waals surface area contributed by atoms with Gasteiger partial charge in [0.2, 0.25) is 17.7 Å². The minimum Gasteiger partial charge on any atom is -0.489 e. The molecular formula is C26H33ClN4O4. The van der Waals surface area contributed by atoms with Crippen molar-refractivity contribution < 1.29 is 19.1 Å². The predicted molar refractivity (Wildman–Crippen MR) is 135 cm³/mol. The van der Waals surface area contributed by atoms with Gasteiger partial charge in [0, 0.05) is 31.6 Å². The molecule has 1 heterocycles. The molecule has 0 bridgehead atoms. The predicted octanol–water partition coefficient (Wildman–Crippen LogP) is 1.95. The number of nitrogens with zero attached hydrogens (tertiary/aromatic N) is 1. The molecule has 3 N–H and O–H groups in total. The highest BCUT2D eigenvalue weighted by Crippen LogP contribution is 2.21. The van der Waals surface area contributed by atoms with Crippen molar-refractivity contribution in [1.82, 2.24) is 20.9 Å². The van der Waals surface area contributed by atoms with Crippen molar-refractivity contribution >= 4 is 29.3 Å². The lowest BCUT2D eigenvalue weighted by atomic mass is 10.0. The molecule has 0 unspecified atom stereocenters. The van der Waals surface area contributed by atoms with Gasteiger partial charge in [-0.2, -0.15) is 0 Å². The highest BCUT2D eigenvalue weighted by atomic mass is 35.5. The van der Waals surface area contributed by atoms with Gasteiger partial charge in [-0.25, -0.2) is 0 Å². The number of fused-ring (bicyclic) bond motifs is 1. The summed E-state index contributed by atoms with van der Waals surface area (Å²) in [6.45, 7) is 2.80. The molecule has 2 aromatic carbocycles. The van der Waals surface area contributed by atoms with Gasteiger partial charge < -0.3 is 25.6 Å². The van der Waals surface area contributed by atoms with E-state index in [0.29, 0.717) is 24.5 Å². The first-order valence-corrected chi connectivity index (χ1v) is 12.2. The van der Waals surface area contributed by atoms with Crippen LogP contribution >= 0.6 is 11.6 Å². The first-order valence-electron chi connectivity index (χ1n) is 11.8. The Hall–Kier alpha value is -3.10. The number of ether oxygens (including phenoxy) is 1. The third kappa shape index (κ3) is 8.56. The van der Waals surface area contributed by atoms with Crippen LogP contribution in [0.3, 0.4) is 0 Å². The zero-order valence-corrected chi connectivity index (χ0v) is 20.9. The summed E-state index contributed by atoms with van der Waals surface area (Å²) in [5.74, 6) is -0.108. The minimum absolute atomic E-state index is 0.0772. The quantitative estimate of drug-likeness (QED) is 0.585. The van der Waals surface area contributed by atoms with E-state index in [-0.39, 0.29) is 31.0 Å². The number of para-hydroxylation sites is 1. The lowest BCUT2D eigenvalue weighted by Crippen LogP contribution is -2.51. The molecule has 1 aliphatic rings. The molecule has 0 spiro atoms. The van der Waals surface area contributed by atoms with Gasteiger partial charge in [-0.1, -0.05) is 41.9 Å². The van der Waals surface area contributed by atoms with Crippen molar-refractivity contribution in [3.63, 3.8) is 0 Å². The molecule has 2 aromatic rings. The molecule has 9 heteroatoms.